The van der Waals surface area contributed by atoms with Crippen LogP contribution in [0.4, 0.5) is 0 Å². The first-order valence-electron chi connectivity index (χ1n) is 6.97. The summed E-state index contributed by atoms with van der Waals surface area (Å²) in [6.07, 6.45) is 6.46. The third-order valence-corrected chi connectivity index (χ3v) is 2.91. The van der Waals surface area contributed by atoms with Crippen molar-refractivity contribution in [2.45, 2.75) is 52.0 Å². The second-order valence-electron chi connectivity index (χ2n) is 4.60. The highest BCUT2D eigenvalue weighted by Crippen LogP contribution is 2.04. The molecule has 106 valence electrons. The quantitative estimate of drug-likeness (QED) is 0.527. The molecular weight excluding hydrogens is 228 g/mol. The van der Waals surface area contributed by atoms with Gasteiger partial charge in [0.2, 0.25) is 0 Å². The second-order valence-corrected chi connectivity index (χ2v) is 4.60. The van der Waals surface area contributed by atoms with Crippen molar-refractivity contribution in [1.29, 1.82) is 0 Å². The highest BCUT2D eigenvalue weighted by Gasteiger charge is 2.14. The van der Waals surface area contributed by atoms with Crippen molar-refractivity contribution < 1.29 is 9.90 Å². The van der Waals surface area contributed by atoms with E-state index < -0.39 is 12.0 Å². The Balaban J connectivity index is 3.79. The highest BCUT2D eigenvalue weighted by molar-refractivity contribution is 5.73. The maximum atomic E-state index is 10.9. The number of carboxylic acid groups (broad SMARTS) is 1. The van der Waals surface area contributed by atoms with Crippen LogP contribution in [0.25, 0.3) is 0 Å². The van der Waals surface area contributed by atoms with Crippen molar-refractivity contribution in [3.05, 3.63) is 12.8 Å². The van der Waals surface area contributed by atoms with Crippen molar-refractivity contribution in [3.8, 4) is 0 Å². The van der Waals surface area contributed by atoms with Gasteiger partial charge in [0, 0.05) is 0 Å². The molecule has 0 spiro atoms. The van der Waals surface area contributed by atoms with Crippen molar-refractivity contribution in [2.75, 3.05) is 19.6 Å². The van der Waals surface area contributed by atoms with Crippen LogP contribution in [0.3, 0.4) is 0 Å². The predicted octanol–water partition coefficient (Wildman–Crippen LogP) is 2.46. The summed E-state index contributed by atoms with van der Waals surface area (Å²) in [6, 6.07) is -0.492. The Morgan fingerprint density at radius 1 is 1.28 bits per heavy atom. The lowest BCUT2D eigenvalue weighted by Crippen LogP contribution is -2.33. The van der Waals surface area contributed by atoms with Gasteiger partial charge in [-0.1, -0.05) is 20.4 Å². The van der Waals surface area contributed by atoms with Gasteiger partial charge in [-0.3, -0.25) is 0 Å². The lowest BCUT2D eigenvalue weighted by Gasteiger charge is -2.21. The molecule has 4 heteroatoms. The van der Waals surface area contributed by atoms with Crippen LogP contribution in [0.5, 0.6) is 0 Å². The molecule has 0 aliphatic carbocycles. The van der Waals surface area contributed by atoms with Gasteiger partial charge in [-0.05, 0) is 57.9 Å². The molecular formula is C14H28N2O2. The first kappa shape index (κ1) is 17.0. The number of carbonyl (C=O) groups is 1. The summed E-state index contributed by atoms with van der Waals surface area (Å²) in [7, 11) is 0. The van der Waals surface area contributed by atoms with Crippen LogP contribution < -0.4 is 5.32 Å². The van der Waals surface area contributed by atoms with Gasteiger partial charge in [-0.15, -0.1) is 0 Å². The number of unbranched alkanes of at least 4 members (excludes halogenated alkanes) is 1. The van der Waals surface area contributed by atoms with E-state index in [9.17, 15) is 4.79 Å². The Labute approximate surface area is 111 Å². The second kappa shape index (κ2) is 11.1. The molecule has 0 bridgehead atoms. The van der Waals surface area contributed by atoms with E-state index in [0.29, 0.717) is 6.42 Å². The zero-order valence-corrected chi connectivity index (χ0v) is 11.8. The Kier molecular flexibility index (Phi) is 10.4. The summed E-state index contributed by atoms with van der Waals surface area (Å²) >= 11 is 0. The fraction of sp³-hybridized carbons (Fsp3) is 0.786. The molecule has 4 nitrogen and oxygen atoms in total. The molecule has 2 N–H and O–H groups in total. The third-order valence-electron chi connectivity index (χ3n) is 2.91. The van der Waals surface area contributed by atoms with Crippen molar-refractivity contribution in [2.24, 2.45) is 0 Å². The van der Waals surface area contributed by atoms with E-state index >= 15 is 0 Å². The minimum atomic E-state index is -0.797. The van der Waals surface area contributed by atoms with Gasteiger partial charge in [0.1, 0.15) is 6.04 Å². The number of aliphatic carboxylic acids is 1. The van der Waals surface area contributed by atoms with Crippen LogP contribution in [0.2, 0.25) is 0 Å². The maximum absolute atomic E-state index is 10.9. The molecule has 0 aromatic carbocycles. The van der Waals surface area contributed by atoms with Gasteiger partial charge in [-0.2, -0.15) is 0 Å². The van der Waals surface area contributed by atoms with Gasteiger partial charge in [0.15, 0.2) is 0 Å². The summed E-state index contributed by atoms with van der Waals surface area (Å²) in [5, 5.41) is 11.7. The fourth-order valence-electron chi connectivity index (χ4n) is 2.07. The molecule has 0 aromatic rings. The summed E-state index contributed by atoms with van der Waals surface area (Å²) in [5.41, 5.74) is 0. The van der Waals surface area contributed by atoms with E-state index in [1.54, 1.807) is 0 Å². The zero-order valence-electron chi connectivity index (χ0n) is 11.8. The Morgan fingerprint density at radius 3 is 2.33 bits per heavy atom. The molecule has 0 aromatic heterocycles. The molecule has 0 rings (SSSR count). The molecule has 0 radical (unpaired) electrons. The van der Waals surface area contributed by atoms with E-state index in [4.69, 9.17) is 5.11 Å². The van der Waals surface area contributed by atoms with Crippen molar-refractivity contribution in [1.82, 2.24) is 10.2 Å². The lowest BCUT2D eigenvalue weighted by molar-refractivity contribution is -0.139. The van der Waals surface area contributed by atoms with Crippen molar-refractivity contribution in [3.63, 3.8) is 0 Å². The molecule has 0 heterocycles. The minimum Gasteiger partial charge on any atom is -0.480 e. The minimum absolute atomic E-state index is 0.492. The van der Waals surface area contributed by atoms with Crippen LogP contribution in [0.15, 0.2) is 12.8 Å². The lowest BCUT2D eigenvalue weighted by atomic mass is 10.1. The SMILES string of the molecule is C=CN[C@@H](CCCCN(CCC)CCC)C(=O)O. The molecule has 0 fully saturated rings. The largest absolute Gasteiger partial charge is 0.480 e. The molecule has 0 aliphatic heterocycles. The van der Waals surface area contributed by atoms with Gasteiger partial charge >= 0.3 is 5.97 Å². The van der Waals surface area contributed by atoms with Crippen molar-refractivity contribution >= 4 is 5.97 Å². The number of hydrogen-bond acceptors (Lipinski definition) is 3. The van der Waals surface area contributed by atoms with E-state index in [1.165, 1.54) is 19.0 Å². The number of hydrogen-bond donors (Lipinski definition) is 2. The molecule has 0 saturated heterocycles. The van der Waals surface area contributed by atoms with Gasteiger partial charge in [-0.25, -0.2) is 4.79 Å². The zero-order chi connectivity index (χ0) is 13.8. The first-order valence-corrected chi connectivity index (χ1v) is 6.97. The Bertz CT molecular complexity index is 226. The van der Waals surface area contributed by atoms with Gasteiger partial charge < -0.3 is 15.3 Å². The third kappa shape index (κ3) is 8.12. The first-order chi connectivity index (χ1) is 8.65. The number of carboxylic acids is 1. The number of rotatable bonds is 12. The predicted molar refractivity (Wildman–Crippen MR) is 75.6 cm³/mol. The maximum Gasteiger partial charge on any atom is 0.326 e. The fourth-order valence-corrected chi connectivity index (χ4v) is 2.07. The number of nitrogens with zero attached hydrogens (tertiary/aromatic N) is 1. The smallest absolute Gasteiger partial charge is 0.326 e. The Hall–Kier alpha value is -1.03. The average molecular weight is 256 g/mol. The normalized spacial score (nSPS) is 12.4. The van der Waals surface area contributed by atoms with Crippen LogP contribution in [-0.2, 0) is 4.79 Å². The molecule has 18 heavy (non-hydrogen) atoms. The average Bonchev–Trinajstić information content (AvgIpc) is 2.33. The summed E-state index contributed by atoms with van der Waals surface area (Å²) < 4.78 is 0. The highest BCUT2D eigenvalue weighted by atomic mass is 16.4. The van der Waals surface area contributed by atoms with E-state index in [-0.39, 0.29) is 0 Å². The van der Waals surface area contributed by atoms with Crippen LogP contribution in [-0.4, -0.2) is 41.7 Å². The van der Waals surface area contributed by atoms with E-state index in [2.05, 4.69) is 30.6 Å². The standard InChI is InChI=1S/C14H28N2O2/c1-4-10-16(11-5-2)12-8-7-9-13(14(17)18)15-6-3/h6,13,15H,3-5,7-12H2,1-2H3,(H,17,18)/t13-/m0/s1. The molecule has 0 unspecified atom stereocenters. The van der Waals surface area contributed by atoms with Gasteiger partial charge in [0.05, 0.1) is 0 Å². The topological polar surface area (TPSA) is 52.6 Å². The summed E-state index contributed by atoms with van der Waals surface area (Å²) in [4.78, 5) is 13.4. The summed E-state index contributed by atoms with van der Waals surface area (Å²) in [6.45, 7) is 11.2. The monoisotopic (exact) mass is 256 g/mol. The van der Waals surface area contributed by atoms with Crippen LogP contribution >= 0.6 is 0 Å². The van der Waals surface area contributed by atoms with E-state index in [1.807, 2.05) is 0 Å². The number of nitrogens with one attached hydrogen (secondary N) is 1. The van der Waals surface area contributed by atoms with Gasteiger partial charge in [0.25, 0.3) is 0 Å². The molecule has 0 saturated carbocycles. The van der Waals surface area contributed by atoms with E-state index in [0.717, 1.165) is 32.5 Å². The van der Waals surface area contributed by atoms with Crippen LogP contribution in [0, 0.1) is 0 Å². The molecule has 0 amide bonds. The molecule has 0 aliphatic rings. The molecule has 1 atom stereocenters. The summed E-state index contributed by atoms with van der Waals surface area (Å²) in [5.74, 6) is -0.797. The Morgan fingerprint density at radius 2 is 1.89 bits per heavy atom. The van der Waals surface area contributed by atoms with Crippen LogP contribution in [0.1, 0.15) is 46.0 Å².